The maximum Gasteiger partial charge on any atom is 0.193 e. The number of nitrogens with one attached hydrogen (secondary N) is 1. The number of guanidine groups is 1. The van der Waals surface area contributed by atoms with Gasteiger partial charge in [0.05, 0.1) is 12.7 Å². The minimum Gasteiger partial charge on any atom is -0.375 e. The fraction of sp³-hybridized carbons (Fsp3) is 0.684. The molecule has 2 fully saturated rings. The van der Waals surface area contributed by atoms with E-state index in [9.17, 15) is 0 Å². The highest BCUT2D eigenvalue weighted by atomic mass is 32.2. The monoisotopic (exact) mass is 377 g/mol. The molecule has 1 aromatic heterocycles. The minimum atomic E-state index is 0.268. The molecule has 0 radical (unpaired) electrons. The van der Waals surface area contributed by atoms with Crippen molar-refractivity contribution in [1.82, 2.24) is 15.2 Å². The first-order valence-corrected chi connectivity index (χ1v) is 10.6. The number of aromatic nitrogens is 1. The number of aliphatic imine (C=N–C) groups is 1. The highest BCUT2D eigenvalue weighted by Gasteiger charge is 2.21. The molecule has 0 bridgehead atoms. The predicted octanol–water partition coefficient (Wildman–Crippen LogP) is 2.21. The Hall–Kier alpha value is -1.47. The Morgan fingerprint density at radius 3 is 2.96 bits per heavy atom. The van der Waals surface area contributed by atoms with Crippen molar-refractivity contribution in [2.75, 3.05) is 50.5 Å². The lowest BCUT2D eigenvalue weighted by molar-refractivity contribution is 0.0529. The van der Waals surface area contributed by atoms with Crippen LogP contribution in [0.5, 0.6) is 0 Å². The number of ether oxygens (including phenoxy) is 1. The Kier molecular flexibility index (Phi) is 7.02. The standard InChI is InChI=1S/C19H31N5OS/c1-4-17-14-24(8-10-26-17)19(20-3)22-12-16-5-6-18(21-11-16)23-7-9-25-15(2)13-23/h5-6,11,15,17H,4,7-10,12-14H2,1-3H3,(H,20,22). The first-order valence-electron chi connectivity index (χ1n) is 9.58. The van der Waals surface area contributed by atoms with Crippen LogP contribution in [0.25, 0.3) is 0 Å². The summed E-state index contributed by atoms with van der Waals surface area (Å²) in [5, 5.41) is 4.21. The van der Waals surface area contributed by atoms with Gasteiger partial charge in [-0.05, 0) is 25.0 Å². The summed E-state index contributed by atoms with van der Waals surface area (Å²) in [5.74, 6) is 3.20. The summed E-state index contributed by atoms with van der Waals surface area (Å²) in [6.45, 7) is 9.85. The van der Waals surface area contributed by atoms with Crippen LogP contribution >= 0.6 is 11.8 Å². The van der Waals surface area contributed by atoms with Gasteiger partial charge in [-0.3, -0.25) is 4.99 Å². The Morgan fingerprint density at radius 2 is 2.27 bits per heavy atom. The van der Waals surface area contributed by atoms with Gasteiger partial charge in [-0.25, -0.2) is 4.98 Å². The van der Waals surface area contributed by atoms with Crippen LogP contribution in [0.1, 0.15) is 25.8 Å². The average Bonchev–Trinajstić information content (AvgIpc) is 2.69. The molecule has 2 aliphatic rings. The highest BCUT2D eigenvalue weighted by Crippen LogP contribution is 2.21. The second kappa shape index (κ2) is 9.46. The summed E-state index contributed by atoms with van der Waals surface area (Å²) in [6.07, 6.45) is 3.45. The quantitative estimate of drug-likeness (QED) is 0.641. The Balaban J connectivity index is 1.53. The second-order valence-electron chi connectivity index (χ2n) is 6.90. The van der Waals surface area contributed by atoms with Crippen LogP contribution in [0.4, 0.5) is 5.82 Å². The molecule has 2 saturated heterocycles. The summed E-state index contributed by atoms with van der Waals surface area (Å²) in [7, 11) is 1.87. The highest BCUT2D eigenvalue weighted by molar-refractivity contribution is 8.00. The van der Waals surface area contributed by atoms with Gasteiger partial charge in [-0.2, -0.15) is 11.8 Å². The maximum absolute atomic E-state index is 5.60. The molecule has 0 saturated carbocycles. The summed E-state index contributed by atoms with van der Waals surface area (Å²) in [5.41, 5.74) is 1.18. The molecule has 3 heterocycles. The van der Waals surface area contributed by atoms with Gasteiger partial charge in [-0.15, -0.1) is 0 Å². The van der Waals surface area contributed by atoms with Crippen LogP contribution < -0.4 is 10.2 Å². The van der Waals surface area contributed by atoms with Gasteiger partial charge in [0.15, 0.2) is 5.96 Å². The topological polar surface area (TPSA) is 53.0 Å². The van der Waals surface area contributed by atoms with Crippen molar-refractivity contribution in [3.05, 3.63) is 23.9 Å². The van der Waals surface area contributed by atoms with E-state index in [-0.39, 0.29) is 6.10 Å². The van der Waals surface area contributed by atoms with Gasteiger partial charge >= 0.3 is 0 Å². The molecule has 2 atom stereocenters. The Bertz CT molecular complexity index is 594. The molecule has 3 rings (SSSR count). The lowest BCUT2D eigenvalue weighted by Gasteiger charge is -2.34. The predicted molar refractivity (Wildman–Crippen MR) is 110 cm³/mol. The van der Waals surface area contributed by atoms with Gasteiger partial charge in [0.25, 0.3) is 0 Å². The third-order valence-electron chi connectivity index (χ3n) is 4.93. The van der Waals surface area contributed by atoms with Crippen molar-refractivity contribution in [3.63, 3.8) is 0 Å². The van der Waals surface area contributed by atoms with Crippen molar-refractivity contribution >= 4 is 23.5 Å². The maximum atomic E-state index is 5.60. The Labute approximate surface area is 161 Å². The van der Waals surface area contributed by atoms with Crippen molar-refractivity contribution in [1.29, 1.82) is 0 Å². The van der Waals surface area contributed by atoms with E-state index in [4.69, 9.17) is 4.74 Å². The van der Waals surface area contributed by atoms with E-state index in [1.165, 1.54) is 17.7 Å². The fourth-order valence-corrected chi connectivity index (χ4v) is 4.59. The minimum absolute atomic E-state index is 0.268. The van der Waals surface area contributed by atoms with Crippen molar-refractivity contribution in [2.45, 2.75) is 38.2 Å². The molecule has 0 amide bonds. The molecule has 7 heteroatoms. The molecule has 2 aliphatic heterocycles. The molecule has 0 spiro atoms. The molecule has 0 aromatic carbocycles. The number of morpholine rings is 1. The van der Waals surface area contributed by atoms with Crippen LogP contribution in [0, 0.1) is 0 Å². The van der Waals surface area contributed by atoms with Crippen LogP contribution in [0.3, 0.4) is 0 Å². The van der Waals surface area contributed by atoms with Gasteiger partial charge in [-0.1, -0.05) is 13.0 Å². The molecule has 2 unspecified atom stereocenters. The Morgan fingerprint density at radius 1 is 1.38 bits per heavy atom. The van der Waals surface area contributed by atoms with Crippen LogP contribution in [-0.4, -0.2) is 72.8 Å². The van der Waals surface area contributed by atoms with E-state index in [1.54, 1.807) is 0 Å². The average molecular weight is 378 g/mol. The second-order valence-corrected chi connectivity index (χ2v) is 8.31. The lowest BCUT2D eigenvalue weighted by Crippen LogP contribution is -2.47. The van der Waals surface area contributed by atoms with Crippen molar-refractivity contribution in [3.8, 4) is 0 Å². The molecule has 1 aromatic rings. The molecule has 26 heavy (non-hydrogen) atoms. The number of anilines is 1. The third-order valence-corrected chi connectivity index (χ3v) is 6.30. The number of pyridine rings is 1. The molecule has 1 N–H and O–H groups in total. The number of rotatable bonds is 4. The van der Waals surface area contributed by atoms with E-state index in [0.29, 0.717) is 5.25 Å². The van der Waals surface area contributed by atoms with Crippen LogP contribution in [-0.2, 0) is 11.3 Å². The SMILES string of the molecule is CCC1CN(C(=NC)NCc2ccc(N3CCOC(C)C3)nc2)CCS1. The van der Waals surface area contributed by atoms with Gasteiger partial charge in [0.1, 0.15) is 5.82 Å². The van der Waals surface area contributed by atoms with E-state index in [1.807, 2.05) is 13.2 Å². The summed E-state index contributed by atoms with van der Waals surface area (Å²) in [6, 6.07) is 4.27. The molecular formula is C19H31N5OS. The molecule has 6 nitrogen and oxygen atoms in total. The third kappa shape index (κ3) is 5.04. The first kappa shape index (κ1) is 19.3. The zero-order chi connectivity index (χ0) is 18.4. The zero-order valence-corrected chi connectivity index (χ0v) is 17.0. The van der Waals surface area contributed by atoms with Gasteiger partial charge in [0.2, 0.25) is 0 Å². The van der Waals surface area contributed by atoms with Crippen LogP contribution in [0.2, 0.25) is 0 Å². The summed E-state index contributed by atoms with van der Waals surface area (Å²) >= 11 is 2.08. The first-order chi connectivity index (χ1) is 12.7. The van der Waals surface area contributed by atoms with E-state index in [0.717, 1.165) is 51.1 Å². The van der Waals surface area contributed by atoms with Gasteiger partial charge < -0.3 is 19.9 Å². The van der Waals surface area contributed by atoms with Crippen LogP contribution in [0.15, 0.2) is 23.3 Å². The van der Waals surface area contributed by atoms with Gasteiger partial charge in [0, 0.05) is 57.0 Å². The normalized spacial score (nSPS) is 24.7. The smallest absolute Gasteiger partial charge is 0.193 e. The molecule has 144 valence electrons. The number of hydrogen-bond acceptors (Lipinski definition) is 5. The zero-order valence-electron chi connectivity index (χ0n) is 16.1. The lowest BCUT2D eigenvalue weighted by atomic mass is 10.2. The number of hydrogen-bond donors (Lipinski definition) is 1. The molecule has 0 aliphatic carbocycles. The van der Waals surface area contributed by atoms with E-state index in [2.05, 4.69) is 62.8 Å². The van der Waals surface area contributed by atoms with E-state index >= 15 is 0 Å². The largest absolute Gasteiger partial charge is 0.375 e. The van der Waals surface area contributed by atoms with Crippen molar-refractivity contribution < 1.29 is 4.74 Å². The van der Waals surface area contributed by atoms with Crippen molar-refractivity contribution in [2.24, 2.45) is 4.99 Å². The van der Waals surface area contributed by atoms with E-state index < -0.39 is 0 Å². The molecular weight excluding hydrogens is 346 g/mol. The fourth-order valence-electron chi connectivity index (χ4n) is 3.41. The summed E-state index contributed by atoms with van der Waals surface area (Å²) < 4.78 is 5.60. The summed E-state index contributed by atoms with van der Waals surface area (Å²) in [4.78, 5) is 13.8. The number of nitrogens with zero attached hydrogens (tertiary/aromatic N) is 4. The number of thioether (sulfide) groups is 1.